The molecule has 9 nitrogen and oxygen atoms in total. The summed E-state index contributed by atoms with van der Waals surface area (Å²) in [4.78, 5) is 26.0. The van der Waals surface area contributed by atoms with Crippen LogP contribution in [0.15, 0.2) is 30.5 Å². The highest BCUT2D eigenvalue weighted by atomic mass is 16.3. The fourth-order valence-electron chi connectivity index (χ4n) is 7.27. The molecule has 1 aliphatic heterocycles. The molecule has 2 radical (unpaired) electrons. The third kappa shape index (κ3) is 5.06. The normalized spacial score (nSPS) is 30.9. The van der Waals surface area contributed by atoms with Crippen LogP contribution in [0.4, 0.5) is 17.5 Å². The van der Waals surface area contributed by atoms with Crippen LogP contribution in [0.1, 0.15) is 42.5 Å². The lowest BCUT2D eigenvalue weighted by atomic mass is 9.52. The van der Waals surface area contributed by atoms with Crippen molar-refractivity contribution >= 4 is 36.7 Å². The first kappa shape index (κ1) is 24.6. The Kier molecular flexibility index (Phi) is 6.59. The Morgan fingerprint density at radius 2 is 1.78 bits per heavy atom. The number of nitrogens with zero attached hydrogens (tertiary/aromatic N) is 4. The van der Waals surface area contributed by atoms with Crippen LogP contribution in [0.5, 0.6) is 0 Å². The molecule has 2 aromatic rings. The molecule has 10 heteroatoms. The maximum Gasteiger partial charge on any atom is 0.253 e. The molecular formula is C27H35BN6O3. The fourth-order valence-corrected chi connectivity index (χ4v) is 7.27. The Hall–Kier alpha value is -2.69. The van der Waals surface area contributed by atoms with Crippen molar-refractivity contribution in [2.24, 2.45) is 17.8 Å². The molecule has 4 N–H and O–H groups in total. The molecule has 4 aliphatic carbocycles. The molecule has 5 aliphatic rings. The summed E-state index contributed by atoms with van der Waals surface area (Å²) in [5, 5.41) is 26.8. The lowest BCUT2D eigenvalue weighted by Crippen LogP contribution is -2.59. The van der Waals surface area contributed by atoms with Gasteiger partial charge in [0.15, 0.2) is 0 Å². The average molecular weight is 502 g/mol. The fraction of sp³-hybridized carbons (Fsp3) is 0.593. The Morgan fingerprint density at radius 1 is 1.08 bits per heavy atom. The van der Waals surface area contributed by atoms with Crippen molar-refractivity contribution in [1.82, 2.24) is 19.8 Å². The first-order valence-electron chi connectivity index (χ1n) is 13.5. The summed E-state index contributed by atoms with van der Waals surface area (Å²) in [5.74, 6) is 2.64. The molecule has 4 saturated carbocycles. The van der Waals surface area contributed by atoms with Gasteiger partial charge < -0.3 is 25.7 Å². The molecule has 37 heavy (non-hydrogen) atoms. The monoisotopic (exact) mass is 502 g/mol. The molecule has 0 spiro atoms. The van der Waals surface area contributed by atoms with Gasteiger partial charge in [0.05, 0.1) is 12.2 Å². The van der Waals surface area contributed by atoms with E-state index in [0.717, 1.165) is 50.9 Å². The van der Waals surface area contributed by atoms with Gasteiger partial charge in [-0.3, -0.25) is 9.69 Å². The number of anilines is 3. The van der Waals surface area contributed by atoms with E-state index >= 15 is 0 Å². The van der Waals surface area contributed by atoms with Gasteiger partial charge in [-0.2, -0.15) is 4.98 Å². The van der Waals surface area contributed by atoms with Crippen LogP contribution in [0.25, 0.3) is 0 Å². The highest BCUT2D eigenvalue weighted by Gasteiger charge is 2.54. The van der Waals surface area contributed by atoms with Crippen molar-refractivity contribution in [3.63, 3.8) is 0 Å². The van der Waals surface area contributed by atoms with Crippen molar-refractivity contribution in [1.29, 1.82) is 0 Å². The molecule has 2 heterocycles. The number of rotatable bonds is 7. The Balaban J connectivity index is 1.09. The average Bonchev–Trinajstić information content (AvgIpc) is 2.88. The second-order valence-corrected chi connectivity index (χ2v) is 11.4. The number of carbonyl (C=O) groups is 1. The Morgan fingerprint density at radius 3 is 2.43 bits per heavy atom. The van der Waals surface area contributed by atoms with Crippen molar-refractivity contribution in [3.05, 3.63) is 36.0 Å². The smallest absolute Gasteiger partial charge is 0.253 e. The van der Waals surface area contributed by atoms with E-state index in [-0.39, 0.29) is 18.6 Å². The van der Waals surface area contributed by atoms with E-state index in [9.17, 15) is 9.90 Å². The van der Waals surface area contributed by atoms with Crippen LogP contribution >= 0.6 is 0 Å². The van der Waals surface area contributed by atoms with Gasteiger partial charge in [0.25, 0.3) is 5.91 Å². The quantitative estimate of drug-likeness (QED) is 0.417. The second-order valence-electron chi connectivity index (χ2n) is 11.4. The predicted octanol–water partition coefficient (Wildman–Crippen LogP) is 1.12. The van der Waals surface area contributed by atoms with Gasteiger partial charge in [-0.05, 0) is 79.6 Å². The molecule has 1 amide bonds. The van der Waals surface area contributed by atoms with Gasteiger partial charge in [-0.15, -0.1) is 0 Å². The first-order chi connectivity index (χ1) is 17.9. The number of aliphatic hydroxyl groups is 2. The van der Waals surface area contributed by atoms with Crippen LogP contribution in [-0.4, -0.2) is 94.7 Å². The molecule has 4 bridgehead atoms. The summed E-state index contributed by atoms with van der Waals surface area (Å²) in [7, 11) is 6.24. The lowest BCUT2D eigenvalue weighted by molar-refractivity contribution is -0.129. The number of amides is 1. The van der Waals surface area contributed by atoms with Gasteiger partial charge >= 0.3 is 0 Å². The molecule has 2 atom stereocenters. The predicted molar refractivity (Wildman–Crippen MR) is 142 cm³/mol. The lowest BCUT2D eigenvalue weighted by Gasteiger charge is -2.58. The zero-order valence-electron chi connectivity index (χ0n) is 21.1. The number of piperazine rings is 1. The summed E-state index contributed by atoms with van der Waals surface area (Å²) in [6.07, 6.45) is 6.62. The number of aromatic nitrogens is 2. The minimum atomic E-state index is -0.472. The third-order valence-corrected chi connectivity index (χ3v) is 8.83. The Labute approximate surface area is 219 Å². The molecular weight excluding hydrogens is 467 g/mol. The Bertz CT molecular complexity index is 1120. The summed E-state index contributed by atoms with van der Waals surface area (Å²) < 4.78 is 0. The highest BCUT2D eigenvalue weighted by molar-refractivity contribution is 6.35. The SMILES string of the molecule is [B]c1cnc(Nc2ccc(C(=O)N3CCN(CCO)CC3)cc2)nc1NC1C2CC3CC1CC(O)(C3)C2. The number of nitrogens with one attached hydrogen (secondary N) is 2. The van der Waals surface area contributed by atoms with Crippen LogP contribution in [-0.2, 0) is 0 Å². The second kappa shape index (κ2) is 9.89. The molecule has 1 aromatic carbocycles. The molecule has 5 fully saturated rings. The van der Waals surface area contributed by atoms with Crippen molar-refractivity contribution in [3.8, 4) is 0 Å². The van der Waals surface area contributed by atoms with Gasteiger partial charge in [-0.1, -0.05) is 0 Å². The van der Waals surface area contributed by atoms with Crippen LogP contribution in [0, 0.1) is 17.8 Å². The molecule has 2 unspecified atom stereocenters. The van der Waals surface area contributed by atoms with E-state index in [4.69, 9.17) is 13.0 Å². The van der Waals surface area contributed by atoms with Gasteiger partial charge in [0.2, 0.25) is 5.95 Å². The number of hydrogen-bond acceptors (Lipinski definition) is 8. The largest absolute Gasteiger partial charge is 0.395 e. The first-order valence-corrected chi connectivity index (χ1v) is 13.5. The van der Waals surface area contributed by atoms with E-state index < -0.39 is 5.60 Å². The van der Waals surface area contributed by atoms with E-state index in [1.807, 2.05) is 29.2 Å². The van der Waals surface area contributed by atoms with E-state index in [1.165, 1.54) is 0 Å². The van der Waals surface area contributed by atoms with E-state index in [2.05, 4.69) is 25.5 Å². The van der Waals surface area contributed by atoms with Crippen molar-refractivity contribution < 1.29 is 15.0 Å². The number of carbonyl (C=O) groups excluding carboxylic acids is 1. The standard InChI is InChI=1S/C27H35BN6O3/c28-22-16-29-26(32-24(22)31-23-19-11-17-12-20(23)15-27(37,13-17)14-19)30-21-3-1-18(2-4-21)25(36)34-7-5-33(6-8-34)9-10-35/h1-4,16-17,19-20,23,35,37H,5-15H2,(H2,29,30,31,32). The number of aliphatic hydroxyl groups excluding tert-OH is 1. The van der Waals surface area contributed by atoms with Crippen molar-refractivity contribution in [2.75, 3.05) is 50.0 Å². The number of benzene rings is 1. The van der Waals surface area contributed by atoms with Gasteiger partial charge in [0, 0.05) is 56.2 Å². The minimum absolute atomic E-state index is 0.0192. The summed E-state index contributed by atoms with van der Waals surface area (Å²) >= 11 is 0. The summed E-state index contributed by atoms with van der Waals surface area (Å²) in [5.41, 5.74) is 1.47. The molecule has 1 saturated heterocycles. The maximum absolute atomic E-state index is 12.9. The molecule has 7 rings (SSSR count). The number of β-amino-alcohol motifs (C(OH)–C–C–N with tert-alkyl or cyclic N) is 1. The topological polar surface area (TPSA) is 114 Å². The number of hydrogen-bond donors (Lipinski definition) is 4. The summed E-state index contributed by atoms with van der Waals surface area (Å²) in [6.45, 7) is 3.68. The highest BCUT2D eigenvalue weighted by Crippen LogP contribution is 2.56. The molecule has 1 aromatic heterocycles. The van der Waals surface area contributed by atoms with Crippen molar-refractivity contribution in [2.45, 2.75) is 43.7 Å². The van der Waals surface area contributed by atoms with Gasteiger partial charge in [0.1, 0.15) is 13.7 Å². The zero-order valence-corrected chi connectivity index (χ0v) is 21.1. The zero-order chi connectivity index (χ0) is 25.6. The summed E-state index contributed by atoms with van der Waals surface area (Å²) in [6, 6.07) is 7.64. The molecule has 194 valence electrons. The minimum Gasteiger partial charge on any atom is -0.395 e. The van der Waals surface area contributed by atoms with Gasteiger partial charge in [-0.25, -0.2) is 4.98 Å². The van der Waals surface area contributed by atoms with Crippen LogP contribution in [0.2, 0.25) is 0 Å². The maximum atomic E-state index is 12.9. The van der Waals surface area contributed by atoms with E-state index in [1.54, 1.807) is 6.20 Å². The van der Waals surface area contributed by atoms with Crippen LogP contribution in [0.3, 0.4) is 0 Å². The van der Waals surface area contributed by atoms with Crippen LogP contribution < -0.4 is 16.1 Å². The van der Waals surface area contributed by atoms with E-state index in [0.29, 0.717) is 60.2 Å². The third-order valence-electron chi connectivity index (χ3n) is 8.83.